The quantitative estimate of drug-likeness (QED) is 0.261. The average Bonchev–Trinajstić information content (AvgIpc) is 2.59. The number of carbonyl (C=O) groups excluding carboxylic acids is 5. The van der Waals surface area contributed by atoms with Crippen molar-refractivity contribution in [3.63, 3.8) is 0 Å². The van der Waals surface area contributed by atoms with E-state index >= 15 is 0 Å². The standard InChI is InChI=1S/C17H30N5O5/c1-10(2)7-12(18)16(26)21-8-13(24)20-9-14(25)22-15(11(3)4)17(27)19-5-6-23/h10-12,15H,5,7-9,18H2,1-4H3,(H,19,27)(H,20,24)(H,21,26)(H,22,25). The fourth-order valence-corrected chi connectivity index (χ4v) is 2.15. The molecule has 0 rings (SSSR count). The molecule has 0 aliphatic carbocycles. The summed E-state index contributed by atoms with van der Waals surface area (Å²) >= 11 is 0. The first-order valence-corrected chi connectivity index (χ1v) is 8.80. The van der Waals surface area contributed by atoms with Crippen LogP contribution < -0.4 is 27.0 Å². The summed E-state index contributed by atoms with van der Waals surface area (Å²) in [4.78, 5) is 57.5. The monoisotopic (exact) mass is 384 g/mol. The summed E-state index contributed by atoms with van der Waals surface area (Å²) in [5, 5.41) is 9.55. The molecule has 6 N–H and O–H groups in total. The van der Waals surface area contributed by atoms with Crippen molar-refractivity contribution in [1.82, 2.24) is 21.3 Å². The van der Waals surface area contributed by atoms with Gasteiger partial charge >= 0.3 is 0 Å². The summed E-state index contributed by atoms with van der Waals surface area (Å²) in [6.45, 7) is 6.38. The maximum absolute atomic E-state index is 11.9. The van der Waals surface area contributed by atoms with Crippen LogP contribution in [-0.2, 0) is 24.0 Å². The van der Waals surface area contributed by atoms with Crippen LogP contribution in [0.15, 0.2) is 0 Å². The van der Waals surface area contributed by atoms with Crippen molar-refractivity contribution in [3.05, 3.63) is 0 Å². The molecule has 0 fully saturated rings. The van der Waals surface area contributed by atoms with E-state index in [-0.39, 0.29) is 31.5 Å². The molecule has 0 spiro atoms. The molecule has 0 aromatic rings. The number of hydrogen-bond acceptors (Lipinski definition) is 6. The Balaban J connectivity index is 4.31. The molecule has 1 radical (unpaired) electrons. The molecular formula is C17H30N5O5. The molecule has 27 heavy (non-hydrogen) atoms. The highest BCUT2D eigenvalue weighted by Crippen LogP contribution is 2.02. The Hall–Kier alpha value is -2.49. The molecule has 2 atom stereocenters. The number of amides is 4. The minimum atomic E-state index is -0.850. The lowest BCUT2D eigenvalue weighted by atomic mass is 10.0. The highest BCUT2D eigenvalue weighted by atomic mass is 16.2. The first kappa shape index (κ1) is 24.5. The molecule has 0 aromatic heterocycles. The van der Waals surface area contributed by atoms with Crippen LogP contribution in [0.1, 0.15) is 34.1 Å². The van der Waals surface area contributed by atoms with Crippen LogP contribution in [0, 0.1) is 11.8 Å². The van der Waals surface area contributed by atoms with Gasteiger partial charge in [0.1, 0.15) is 6.04 Å². The number of hydrogen-bond donors (Lipinski definition) is 5. The van der Waals surface area contributed by atoms with Crippen molar-refractivity contribution in [2.75, 3.05) is 19.6 Å². The van der Waals surface area contributed by atoms with Gasteiger partial charge in [-0.1, -0.05) is 27.7 Å². The average molecular weight is 384 g/mol. The number of nitrogens with one attached hydrogen (secondary N) is 4. The van der Waals surface area contributed by atoms with Gasteiger partial charge in [-0.2, -0.15) is 0 Å². The van der Waals surface area contributed by atoms with E-state index in [1.807, 2.05) is 13.8 Å². The largest absolute Gasteiger partial charge is 0.347 e. The van der Waals surface area contributed by atoms with Crippen molar-refractivity contribution in [2.45, 2.75) is 46.2 Å². The van der Waals surface area contributed by atoms with E-state index in [0.717, 1.165) is 0 Å². The fraction of sp³-hybridized carbons (Fsp3) is 0.706. The number of carbonyl (C=O) groups is 4. The molecule has 0 aromatic carbocycles. The summed E-state index contributed by atoms with van der Waals surface area (Å²) < 4.78 is 0. The maximum atomic E-state index is 11.9. The molecule has 0 saturated heterocycles. The Kier molecular flexibility index (Phi) is 11.6. The smallest absolute Gasteiger partial charge is 0.243 e. The topological polar surface area (TPSA) is 159 Å². The van der Waals surface area contributed by atoms with E-state index in [4.69, 9.17) is 5.73 Å². The van der Waals surface area contributed by atoms with Gasteiger partial charge in [-0.3, -0.25) is 24.0 Å². The highest BCUT2D eigenvalue weighted by Gasteiger charge is 2.24. The second-order valence-electron chi connectivity index (χ2n) is 6.88. The Morgan fingerprint density at radius 2 is 1.48 bits per heavy atom. The molecule has 10 nitrogen and oxygen atoms in total. The van der Waals surface area contributed by atoms with E-state index in [1.54, 1.807) is 13.8 Å². The molecule has 0 aliphatic heterocycles. The predicted molar refractivity (Wildman–Crippen MR) is 98.9 cm³/mol. The van der Waals surface area contributed by atoms with E-state index in [2.05, 4.69) is 21.3 Å². The molecule has 10 heteroatoms. The fourth-order valence-electron chi connectivity index (χ4n) is 2.15. The van der Waals surface area contributed by atoms with Crippen molar-refractivity contribution in [1.29, 1.82) is 0 Å². The maximum Gasteiger partial charge on any atom is 0.243 e. The van der Waals surface area contributed by atoms with Gasteiger partial charge in [-0.25, -0.2) is 0 Å². The Labute approximate surface area is 159 Å². The number of nitrogens with two attached hydrogens (primary N) is 1. The third kappa shape index (κ3) is 11.0. The third-order valence-corrected chi connectivity index (χ3v) is 3.53. The molecule has 0 aliphatic rings. The predicted octanol–water partition coefficient (Wildman–Crippen LogP) is -2.04. The molecule has 0 saturated carbocycles. The Bertz CT molecular complexity index is 536. The first-order valence-electron chi connectivity index (χ1n) is 8.80. The van der Waals surface area contributed by atoms with Gasteiger partial charge in [-0.15, -0.1) is 0 Å². The zero-order valence-electron chi connectivity index (χ0n) is 16.3. The summed E-state index contributed by atoms with van der Waals surface area (Å²) in [7, 11) is 0. The number of rotatable bonds is 12. The van der Waals surface area contributed by atoms with Crippen molar-refractivity contribution in [3.8, 4) is 0 Å². The van der Waals surface area contributed by atoms with Crippen molar-refractivity contribution >= 4 is 29.9 Å². The van der Waals surface area contributed by atoms with Crippen LogP contribution >= 0.6 is 0 Å². The van der Waals surface area contributed by atoms with Crippen LogP contribution in [0.3, 0.4) is 0 Å². The van der Waals surface area contributed by atoms with Gasteiger partial charge in [-0.05, 0) is 18.3 Å². The van der Waals surface area contributed by atoms with Gasteiger partial charge in [0.25, 0.3) is 0 Å². The first-order chi connectivity index (χ1) is 12.6. The van der Waals surface area contributed by atoms with Crippen LogP contribution in [0.2, 0.25) is 0 Å². The Morgan fingerprint density at radius 1 is 0.889 bits per heavy atom. The van der Waals surface area contributed by atoms with E-state index in [0.29, 0.717) is 6.42 Å². The zero-order chi connectivity index (χ0) is 21.0. The lowest BCUT2D eigenvalue weighted by Crippen LogP contribution is -2.52. The second kappa shape index (κ2) is 12.8. The minimum absolute atomic E-state index is 0.224. The van der Waals surface area contributed by atoms with Crippen LogP contribution in [0.25, 0.3) is 0 Å². The molecule has 4 amide bonds. The van der Waals surface area contributed by atoms with Crippen LogP contribution in [0.5, 0.6) is 0 Å². The van der Waals surface area contributed by atoms with Gasteiger partial charge in [0.15, 0.2) is 0 Å². The van der Waals surface area contributed by atoms with Gasteiger partial charge in [0.05, 0.1) is 25.7 Å². The van der Waals surface area contributed by atoms with Gasteiger partial charge in [0.2, 0.25) is 29.9 Å². The normalized spacial score (nSPS) is 12.9. The third-order valence-electron chi connectivity index (χ3n) is 3.53. The lowest BCUT2D eigenvalue weighted by Gasteiger charge is -2.21. The summed E-state index contributed by atoms with van der Waals surface area (Å²) in [5.74, 6) is -2.06. The molecule has 2 unspecified atom stereocenters. The van der Waals surface area contributed by atoms with E-state index in [9.17, 15) is 24.0 Å². The van der Waals surface area contributed by atoms with Crippen molar-refractivity contribution < 1.29 is 24.0 Å². The second-order valence-corrected chi connectivity index (χ2v) is 6.88. The molecular weight excluding hydrogens is 354 g/mol. The van der Waals surface area contributed by atoms with Crippen LogP contribution in [0.4, 0.5) is 0 Å². The summed E-state index contributed by atoms with van der Waals surface area (Å²) in [5.41, 5.74) is 5.70. The molecule has 0 heterocycles. The van der Waals surface area contributed by atoms with E-state index in [1.165, 1.54) is 6.29 Å². The summed E-state index contributed by atoms with van der Waals surface area (Å²) in [6, 6.07) is -1.55. The zero-order valence-corrected chi connectivity index (χ0v) is 16.3. The highest BCUT2D eigenvalue weighted by molar-refractivity contribution is 5.92. The minimum Gasteiger partial charge on any atom is -0.347 e. The lowest BCUT2D eigenvalue weighted by molar-refractivity contribution is -0.131. The molecule has 0 bridgehead atoms. The van der Waals surface area contributed by atoms with Crippen molar-refractivity contribution in [2.24, 2.45) is 17.6 Å². The van der Waals surface area contributed by atoms with Gasteiger partial charge in [0, 0.05) is 0 Å². The Morgan fingerprint density at radius 3 is 2.00 bits per heavy atom. The molecule has 153 valence electrons. The summed E-state index contributed by atoms with van der Waals surface area (Å²) in [6.07, 6.45) is 2.03. The van der Waals surface area contributed by atoms with Crippen LogP contribution in [-0.4, -0.2) is 61.6 Å². The van der Waals surface area contributed by atoms with Gasteiger partial charge < -0.3 is 27.0 Å². The SMILES string of the molecule is CC(C)CC(N)C(=O)NCC(=O)NCC(=O)NC(C(=O)NC[C]=O)C(C)C. The van der Waals surface area contributed by atoms with E-state index < -0.39 is 35.7 Å².